The van der Waals surface area contributed by atoms with Crippen LogP contribution >= 0.6 is 34.5 Å². The van der Waals surface area contributed by atoms with Gasteiger partial charge in [-0.15, -0.1) is 0 Å². The van der Waals surface area contributed by atoms with Gasteiger partial charge in [-0.1, -0.05) is 35.3 Å². The van der Waals surface area contributed by atoms with Crippen molar-refractivity contribution < 1.29 is 23.9 Å². The molecule has 9 nitrogen and oxygen atoms in total. The normalized spacial score (nSPS) is 13.7. The maximum atomic E-state index is 13.9. The van der Waals surface area contributed by atoms with Gasteiger partial charge in [0.05, 0.1) is 10.6 Å². The average molecular weight is 668 g/mol. The average Bonchev–Trinajstić information content (AvgIpc) is 3.55. The summed E-state index contributed by atoms with van der Waals surface area (Å²) in [5.74, 6) is -0.622. The molecule has 0 aliphatic carbocycles. The van der Waals surface area contributed by atoms with E-state index in [9.17, 15) is 14.4 Å². The Morgan fingerprint density at radius 2 is 1.76 bits per heavy atom. The number of nitrogens with zero attached hydrogens (tertiary/aromatic N) is 3. The molecule has 234 valence electrons. The predicted octanol–water partition coefficient (Wildman–Crippen LogP) is 7.89. The number of hydrazine groups is 1. The fourth-order valence-electron chi connectivity index (χ4n) is 4.70. The van der Waals surface area contributed by atoms with Crippen LogP contribution in [0.3, 0.4) is 0 Å². The third-order valence-electron chi connectivity index (χ3n) is 6.90. The van der Waals surface area contributed by atoms with E-state index in [0.29, 0.717) is 41.7 Å². The first-order valence-electron chi connectivity index (χ1n) is 14.3. The molecule has 1 saturated heterocycles. The zero-order valence-electron chi connectivity index (χ0n) is 25.0. The summed E-state index contributed by atoms with van der Waals surface area (Å²) in [5, 5.41) is 5.78. The SMILES string of the molecule is CC(C)(C)OC(=O)N1CCC(Oc2cc(-c3ccsc3)ccc2C(=O)NN(C(=O)c2cccc(Cl)c2)c2ccc(Cl)cn2)CC1. The summed E-state index contributed by atoms with van der Waals surface area (Å²) < 4.78 is 12.0. The monoisotopic (exact) mass is 666 g/mol. The first-order valence-corrected chi connectivity index (χ1v) is 16.0. The van der Waals surface area contributed by atoms with Gasteiger partial charge in [-0.3, -0.25) is 15.0 Å². The van der Waals surface area contributed by atoms with Crippen LogP contribution in [0.15, 0.2) is 77.6 Å². The number of hydrogen-bond donors (Lipinski definition) is 1. The fraction of sp³-hybridized carbons (Fsp3) is 0.273. The van der Waals surface area contributed by atoms with Gasteiger partial charge in [0.1, 0.15) is 17.5 Å². The highest BCUT2D eigenvalue weighted by molar-refractivity contribution is 7.08. The molecule has 3 heterocycles. The molecule has 5 rings (SSSR count). The molecule has 12 heteroatoms. The highest BCUT2D eigenvalue weighted by atomic mass is 35.5. The zero-order valence-corrected chi connectivity index (χ0v) is 27.3. The summed E-state index contributed by atoms with van der Waals surface area (Å²) in [7, 11) is 0. The summed E-state index contributed by atoms with van der Waals surface area (Å²) in [4.78, 5) is 46.0. The molecular formula is C33H32Cl2N4O5S. The van der Waals surface area contributed by atoms with Crippen LogP contribution in [0.1, 0.15) is 54.3 Å². The first-order chi connectivity index (χ1) is 21.5. The second-order valence-corrected chi connectivity index (χ2v) is 13.1. The number of benzene rings is 2. The van der Waals surface area contributed by atoms with Crippen LogP contribution in [-0.4, -0.2) is 52.6 Å². The number of halogens is 2. The van der Waals surface area contributed by atoms with Crippen LogP contribution in [0.5, 0.6) is 5.75 Å². The molecule has 2 aromatic heterocycles. The van der Waals surface area contributed by atoms with E-state index < -0.39 is 17.4 Å². The number of thiophene rings is 1. The number of carbonyl (C=O) groups excluding carboxylic acids is 3. The van der Waals surface area contributed by atoms with Gasteiger partial charge in [0.2, 0.25) is 0 Å². The maximum absolute atomic E-state index is 13.9. The molecule has 1 aliphatic rings. The second-order valence-electron chi connectivity index (χ2n) is 11.4. The molecule has 1 fully saturated rings. The number of piperidine rings is 1. The number of nitrogens with one attached hydrogen (secondary N) is 1. The Hall–Kier alpha value is -4.12. The Morgan fingerprint density at radius 1 is 0.978 bits per heavy atom. The van der Waals surface area contributed by atoms with E-state index >= 15 is 0 Å². The summed E-state index contributed by atoms with van der Waals surface area (Å²) in [6.45, 7) is 6.41. The van der Waals surface area contributed by atoms with Crippen molar-refractivity contribution in [3.05, 3.63) is 98.8 Å². The van der Waals surface area contributed by atoms with Gasteiger partial charge in [-0.05, 0) is 91.2 Å². The predicted molar refractivity (Wildman–Crippen MR) is 176 cm³/mol. The number of rotatable bonds is 6. The third kappa shape index (κ3) is 8.33. The molecule has 2 aromatic carbocycles. The van der Waals surface area contributed by atoms with Crippen LogP contribution in [-0.2, 0) is 4.74 Å². The number of amides is 3. The molecule has 0 bridgehead atoms. The van der Waals surface area contributed by atoms with Crippen LogP contribution in [0.4, 0.5) is 10.6 Å². The van der Waals surface area contributed by atoms with Gasteiger partial charge in [-0.25, -0.2) is 9.78 Å². The Balaban J connectivity index is 1.41. The Bertz CT molecular complexity index is 1670. The lowest BCUT2D eigenvalue weighted by molar-refractivity contribution is 0.0126. The molecule has 45 heavy (non-hydrogen) atoms. The van der Waals surface area contributed by atoms with Crippen molar-refractivity contribution in [1.82, 2.24) is 15.3 Å². The smallest absolute Gasteiger partial charge is 0.410 e. The Kier molecular flexibility index (Phi) is 9.96. The largest absolute Gasteiger partial charge is 0.489 e. The molecule has 0 spiro atoms. The minimum absolute atomic E-state index is 0.157. The summed E-state index contributed by atoms with van der Waals surface area (Å²) in [6, 6.07) is 16.8. The molecule has 1 aliphatic heterocycles. The number of aromatic nitrogens is 1. The standard InChI is InChI=1S/C33H32Cl2N4O5S/c1-33(2,3)44-32(42)38-14-11-26(12-15-38)43-28-18-21(23-13-16-45-20-23)7-9-27(28)30(40)37-39(29-10-8-25(35)19-36-29)31(41)22-5-4-6-24(34)17-22/h4-10,13,16-20,26H,11-12,14-15H2,1-3H3,(H,37,40). The maximum Gasteiger partial charge on any atom is 0.410 e. The summed E-state index contributed by atoms with van der Waals surface area (Å²) in [6.07, 6.45) is 1.87. The van der Waals surface area contributed by atoms with Gasteiger partial charge in [0, 0.05) is 42.7 Å². The lowest BCUT2D eigenvalue weighted by Crippen LogP contribution is -2.47. The molecule has 0 atom stereocenters. The van der Waals surface area contributed by atoms with Crippen LogP contribution < -0.4 is 15.2 Å². The van der Waals surface area contributed by atoms with Crippen LogP contribution in [0.25, 0.3) is 11.1 Å². The van der Waals surface area contributed by atoms with Gasteiger partial charge >= 0.3 is 6.09 Å². The van der Waals surface area contributed by atoms with Crippen molar-refractivity contribution in [3.63, 3.8) is 0 Å². The number of likely N-dealkylation sites (tertiary alicyclic amines) is 1. The number of pyridine rings is 1. The topological polar surface area (TPSA) is 101 Å². The van der Waals surface area contributed by atoms with E-state index in [0.717, 1.165) is 16.1 Å². The highest BCUT2D eigenvalue weighted by Gasteiger charge is 2.29. The van der Waals surface area contributed by atoms with Gasteiger partial charge < -0.3 is 14.4 Å². The Morgan fingerprint density at radius 3 is 2.40 bits per heavy atom. The zero-order chi connectivity index (χ0) is 32.1. The van der Waals surface area contributed by atoms with Crippen LogP contribution in [0, 0.1) is 0 Å². The van der Waals surface area contributed by atoms with E-state index in [1.807, 2.05) is 49.7 Å². The van der Waals surface area contributed by atoms with Gasteiger partial charge in [-0.2, -0.15) is 16.3 Å². The quantitative estimate of drug-likeness (QED) is 0.210. The molecule has 3 amide bonds. The van der Waals surface area contributed by atoms with E-state index in [4.69, 9.17) is 32.7 Å². The van der Waals surface area contributed by atoms with Crippen molar-refractivity contribution in [3.8, 4) is 16.9 Å². The first kappa shape index (κ1) is 32.3. The van der Waals surface area contributed by atoms with Crippen LogP contribution in [0.2, 0.25) is 10.0 Å². The molecular weight excluding hydrogens is 635 g/mol. The molecule has 0 saturated carbocycles. The van der Waals surface area contributed by atoms with E-state index in [2.05, 4.69) is 10.4 Å². The minimum atomic E-state index is -0.585. The van der Waals surface area contributed by atoms with E-state index in [1.165, 1.54) is 18.3 Å². The van der Waals surface area contributed by atoms with Gasteiger partial charge in [0.25, 0.3) is 11.8 Å². The van der Waals surface area contributed by atoms with Crippen molar-refractivity contribution in [2.45, 2.75) is 45.3 Å². The van der Waals surface area contributed by atoms with Crippen molar-refractivity contribution in [2.24, 2.45) is 0 Å². The molecule has 0 unspecified atom stereocenters. The molecule has 1 N–H and O–H groups in total. The molecule has 0 radical (unpaired) electrons. The summed E-state index contributed by atoms with van der Waals surface area (Å²) >= 11 is 13.8. The number of anilines is 1. The lowest BCUT2D eigenvalue weighted by Gasteiger charge is -2.33. The molecule has 4 aromatic rings. The lowest BCUT2D eigenvalue weighted by atomic mass is 10.0. The van der Waals surface area contributed by atoms with Crippen molar-refractivity contribution >= 4 is 58.3 Å². The number of carbonyl (C=O) groups is 3. The van der Waals surface area contributed by atoms with Crippen molar-refractivity contribution in [2.75, 3.05) is 18.1 Å². The minimum Gasteiger partial charge on any atom is -0.489 e. The number of hydrogen-bond acceptors (Lipinski definition) is 7. The fourth-order valence-corrected chi connectivity index (χ4v) is 5.67. The third-order valence-corrected chi connectivity index (χ3v) is 8.04. The second kappa shape index (κ2) is 13.9. The summed E-state index contributed by atoms with van der Waals surface area (Å²) in [5.41, 5.74) is 4.46. The number of ether oxygens (including phenoxy) is 2. The van der Waals surface area contributed by atoms with E-state index in [1.54, 1.807) is 46.6 Å². The Labute approximate surface area is 275 Å². The highest BCUT2D eigenvalue weighted by Crippen LogP contribution is 2.31. The van der Waals surface area contributed by atoms with Gasteiger partial charge in [0.15, 0.2) is 5.82 Å². The van der Waals surface area contributed by atoms with Crippen molar-refractivity contribution in [1.29, 1.82) is 0 Å². The van der Waals surface area contributed by atoms with E-state index in [-0.39, 0.29) is 29.1 Å².